The summed E-state index contributed by atoms with van der Waals surface area (Å²) in [5, 5.41) is 13.6. The highest BCUT2D eigenvalue weighted by Crippen LogP contribution is 2.38. The van der Waals surface area contributed by atoms with Crippen molar-refractivity contribution in [3.05, 3.63) is 72.4 Å². The number of amides is 1. The van der Waals surface area contributed by atoms with Crippen molar-refractivity contribution in [1.82, 2.24) is 4.57 Å². The Morgan fingerprint density at radius 3 is 1.89 bits per heavy atom. The molecular formula is C29H30N2O5. The lowest BCUT2D eigenvalue weighted by Gasteiger charge is -2.15. The summed E-state index contributed by atoms with van der Waals surface area (Å²) in [6.07, 6.45) is 0.0878. The number of hydrogen-bond acceptors (Lipinski definition) is 4. The molecule has 4 aromatic rings. The molecule has 0 aliphatic heterocycles. The fraction of sp³-hybridized carbons (Fsp3) is 0.241. The van der Waals surface area contributed by atoms with Crippen LogP contribution in [0.3, 0.4) is 0 Å². The van der Waals surface area contributed by atoms with E-state index in [1.54, 1.807) is 10.6 Å². The van der Waals surface area contributed by atoms with Gasteiger partial charge in [0.15, 0.2) is 0 Å². The maximum atomic E-state index is 12.2. The van der Waals surface area contributed by atoms with Crippen LogP contribution in [0, 0.1) is 0 Å². The van der Waals surface area contributed by atoms with E-state index in [9.17, 15) is 14.7 Å². The number of nitrogens with one attached hydrogen (secondary N) is 1. The molecule has 0 fully saturated rings. The predicted molar refractivity (Wildman–Crippen MR) is 142 cm³/mol. The van der Waals surface area contributed by atoms with Crippen LogP contribution >= 0.6 is 0 Å². The van der Waals surface area contributed by atoms with Gasteiger partial charge in [-0.1, -0.05) is 18.2 Å². The van der Waals surface area contributed by atoms with Crippen molar-refractivity contribution in [2.24, 2.45) is 0 Å². The molecule has 7 heteroatoms. The molecule has 0 spiro atoms. The third kappa shape index (κ3) is 5.20. The van der Waals surface area contributed by atoms with Gasteiger partial charge in [0, 0.05) is 23.6 Å². The first kappa shape index (κ1) is 24.9. The van der Waals surface area contributed by atoms with Crippen molar-refractivity contribution >= 4 is 28.5 Å². The zero-order valence-electron chi connectivity index (χ0n) is 21.0. The Balaban J connectivity index is 1.88. The molecule has 7 nitrogen and oxygen atoms in total. The van der Waals surface area contributed by atoms with Crippen LogP contribution in [0.1, 0.15) is 45.1 Å². The SMILES string of the molecule is CC(=O)Nc1c(-c2ccc(OC(C)C)cc2)ccc2c1cc(C(=O)O)n2-c1ccc(OC(C)C)cc1. The van der Waals surface area contributed by atoms with Crippen LogP contribution in [0.5, 0.6) is 11.5 Å². The number of fused-ring (bicyclic) bond motifs is 1. The highest BCUT2D eigenvalue weighted by molar-refractivity contribution is 6.10. The van der Waals surface area contributed by atoms with Crippen LogP contribution in [0.2, 0.25) is 0 Å². The van der Waals surface area contributed by atoms with E-state index in [4.69, 9.17) is 9.47 Å². The smallest absolute Gasteiger partial charge is 0.352 e. The van der Waals surface area contributed by atoms with Gasteiger partial charge in [-0.05, 0) is 81.8 Å². The summed E-state index contributed by atoms with van der Waals surface area (Å²) in [7, 11) is 0. The number of anilines is 1. The van der Waals surface area contributed by atoms with Gasteiger partial charge in [-0.2, -0.15) is 0 Å². The van der Waals surface area contributed by atoms with E-state index in [1.807, 2.05) is 88.4 Å². The van der Waals surface area contributed by atoms with Crippen molar-refractivity contribution in [3.8, 4) is 28.3 Å². The van der Waals surface area contributed by atoms with E-state index >= 15 is 0 Å². The topological polar surface area (TPSA) is 89.8 Å². The monoisotopic (exact) mass is 486 g/mol. The number of carboxylic acids is 1. The minimum atomic E-state index is -1.07. The van der Waals surface area contributed by atoms with Crippen molar-refractivity contribution in [2.75, 3.05) is 5.32 Å². The second-order valence-electron chi connectivity index (χ2n) is 9.12. The average molecular weight is 487 g/mol. The minimum absolute atomic E-state index is 0.0301. The molecule has 0 aliphatic carbocycles. The van der Waals surface area contributed by atoms with Crippen molar-refractivity contribution < 1.29 is 24.2 Å². The first-order chi connectivity index (χ1) is 17.1. The average Bonchev–Trinajstić information content (AvgIpc) is 3.20. The number of benzene rings is 3. The fourth-order valence-electron chi connectivity index (χ4n) is 4.20. The maximum absolute atomic E-state index is 12.2. The Morgan fingerprint density at radius 2 is 1.39 bits per heavy atom. The lowest BCUT2D eigenvalue weighted by molar-refractivity contribution is -0.114. The fourth-order valence-corrected chi connectivity index (χ4v) is 4.20. The van der Waals surface area contributed by atoms with Gasteiger partial charge in [0.1, 0.15) is 17.2 Å². The number of ether oxygens (including phenoxy) is 2. The normalized spacial score (nSPS) is 11.2. The van der Waals surface area contributed by atoms with E-state index in [1.165, 1.54) is 6.92 Å². The standard InChI is InChI=1S/C29H30N2O5/c1-17(2)35-22-10-6-20(7-11-22)24-14-15-26-25(28(24)30-19(5)32)16-27(29(33)34)31(26)21-8-12-23(13-9-21)36-18(3)4/h6-18H,1-5H3,(H,30,32)(H,33,34). The zero-order valence-corrected chi connectivity index (χ0v) is 21.0. The maximum Gasteiger partial charge on any atom is 0.352 e. The Hall–Kier alpha value is -4.26. The highest BCUT2D eigenvalue weighted by atomic mass is 16.5. The van der Waals surface area contributed by atoms with Crippen molar-refractivity contribution in [1.29, 1.82) is 0 Å². The van der Waals surface area contributed by atoms with E-state index in [-0.39, 0.29) is 23.8 Å². The molecule has 0 saturated heterocycles. The number of nitrogens with zero attached hydrogens (tertiary/aromatic N) is 1. The van der Waals surface area contributed by atoms with E-state index < -0.39 is 5.97 Å². The second kappa shape index (κ2) is 10.2. The lowest BCUT2D eigenvalue weighted by atomic mass is 10.0. The number of carboxylic acid groups (broad SMARTS) is 1. The first-order valence-corrected chi connectivity index (χ1v) is 11.9. The van der Waals surface area contributed by atoms with Gasteiger partial charge in [-0.15, -0.1) is 0 Å². The molecule has 0 atom stereocenters. The lowest BCUT2D eigenvalue weighted by Crippen LogP contribution is -2.08. The van der Waals surface area contributed by atoms with Gasteiger partial charge >= 0.3 is 5.97 Å². The van der Waals surface area contributed by atoms with E-state index in [0.29, 0.717) is 28.0 Å². The van der Waals surface area contributed by atoms with Crippen LogP contribution in [0.25, 0.3) is 27.7 Å². The van der Waals surface area contributed by atoms with Crippen LogP contribution in [0.4, 0.5) is 5.69 Å². The summed E-state index contributed by atoms with van der Waals surface area (Å²) in [4.78, 5) is 24.4. The molecule has 36 heavy (non-hydrogen) atoms. The summed E-state index contributed by atoms with van der Waals surface area (Å²) in [5.74, 6) is 0.135. The van der Waals surface area contributed by atoms with E-state index in [2.05, 4.69) is 5.32 Å². The summed E-state index contributed by atoms with van der Waals surface area (Å²) in [6.45, 7) is 9.26. The molecule has 1 amide bonds. The van der Waals surface area contributed by atoms with Crippen molar-refractivity contribution in [3.63, 3.8) is 0 Å². The molecule has 0 bridgehead atoms. The van der Waals surface area contributed by atoms with Crippen LogP contribution in [-0.2, 0) is 4.79 Å². The Morgan fingerprint density at radius 1 is 0.833 bits per heavy atom. The summed E-state index contributed by atoms with van der Waals surface area (Å²) in [6, 6.07) is 20.3. The Bertz CT molecular complexity index is 1400. The molecule has 2 N–H and O–H groups in total. The molecule has 0 radical (unpaired) electrons. The zero-order chi connectivity index (χ0) is 26.0. The largest absolute Gasteiger partial charge is 0.491 e. The van der Waals surface area contributed by atoms with Gasteiger partial charge in [0.05, 0.1) is 23.4 Å². The van der Waals surface area contributed by atoms with Crippen LogP contribution in [-0.4, -0.2) is 33.8 Å². The Labute approximate surface area is 210 Å². The number of hydrogen-bond donors (Lipinski definition) is 2. The molecule has 1 aromatic heterocycles. The molecule has 1 heterocycles. The quantitative estimate of drug-likeness (QED) is 0.296. The van der Waals surface area contributed by atoms with Gasteiger partial charge in [0.2, 0.25) is 5.91 Å². The summed E-state index contributed by atoms with van der Waals surface area (Å²) in [5.41, 5.74) is 3.64. The summed E-state index contributed by atoms with van der Waals surface area (Å²) < 4.78 is 13.1. The van der Waals surface area contributed by atoms with E-state index in [0.717, 1.165) is 16.9 Å². The van der Waals surface area contributed by atoms with Crippen LogP contribution < -0.4 is 14.8 Å². The molecule has 4 rings (SSSR count). The van der Waals surface area contributed by atoms with Crippen LogP contribution in [0.15, 0.2) is 66.7 Å². The van der Waals surface area contributed by atoms with Gasteiger partial charge in [-0.3, -0.25) is 4.79 Å². The number of rotatable bonds is 8. The number of aromatic nitrogens is 1. The number of aromatic carboxylic acids is 1. The molecule has 186 valence electrons. The number of carbonyl (C=O) groups excluding carboxylic acids is 1. The predicted octanol–water partition coefficient (Wildman–Crippen LogP) is 6.53. The van der Waals surface area contributed by atoms with Gasteiger partial charge < -0.3 is 24.5 Å². The summed E-state index contributed by atoms with van der Waals surface area (Å²) >= 11 is 0. The molecule has 0 unspecified atom stereocenters. The number of carbonyl (C=O) groups is 2. The molecule has 0 aliphatic rings. The third-order valence-electron chi connectivity index (χ3n) is 5.51. The Kier molecular flexibility index (Phi) is 7.01. The van der Waals surface area contributed by atoms with Gasteiger partial charge in [-0.25, -0.2) is 4.79 Å². The first-order valence-electron chi connectivity index (χ1n) is 11.9. The highest BCUT2D eigenvalue weighted by Gasteiger charge is 2.21. The molecule has 0 saturated carbocycles. The molecule has 3 aromatic carbocycles. The second-order valence-corrected chi connectivity index (χ2v) is 9.12. The minimum Gasteiger partial charge on any atom is -0.491 e. The van der Waals surface area contributed by atoms with Gasteiger partial charge in [0.25, 0.3) is 0 Å². The molecular weight excluding hydrogens is 456 g/mol. The van der Waals surface area contributed by atoms with Crippen molar-refractivity contribution in [2.45, 2.75) is 46.8 Å². The third-order valence-corrected chi connectivity index (χ3v) is 5.51.